The van der Waals surface area contributed by atoms with Gasteiger partial charge in [0, 0.05) is 14.2 Å². The number of rotatable bonds is 5. The molecule has 0 saturated heterocycles. The number of nitro groups is 1. The molecule has 1 heterocycles. The summed E-state index contributed by atoms with van der Waals surface area (Å²) in [4.78, 5) is 10.5. The summed E-state index contributed by atoms with van der Waals surface area (Å²) in [6.45, 7) is 1.92. The summed E-state index contributed by atoms with van der Waals surface area (Å²) >= 11 is 5.88. The smallest absolute Gasteiger partial charge is 0.382 e. The van der Waals surface area contributed by atoms with E-state index in [2.05, 4.69) is 5.43 Å². The van der Waals surface area contributed by atoms with E-state index >= 15 is 0 Å². The van der Waals surface area contributed by atoms with Crippen LogP contribution in [0.4, 0.5) is 0 Å². The average molecular weight is 252 g/mol. The third-order valence-corrected chi connectivity index (χ3v) is 2.82. The predicted octanol–water partition coefficient (Wildman–Crippen LogP) is 0.500. The highest BCUT2D eigenvalue weighted by Gasteiger charge is 2.54. The van der Waals surface area contributed by atoms with Gasteiger partial charge in [0.2, 0.25) is 0 Å². The fraction of sp³-hybridized carbons (Fsp3) is 0.750. The minimum absolute atomic E-state index is 0.0971. The molecule has 1 aliphatic heterocycles. The zero-order valence-electron chi connectivity index (χ0n) is 9.32. The van der Waals surface area contributed by atoms with Crippen molar-refractivity contribution in [3.05, 3.63) is 20.8 Å². The monoisotopic (exact) mass is 251 g/mol. The lowest BCUT2D eigenvalue weighted by Crippen LogP contribution is -2.55. The summed E-state index contributed by atoms with van der Waals surface area (Å²) < 4.78 is 10.0. The quantitative estimate of drug-likeness (QED) is 0.252. The van der Waals surface area contributed by atoms with E-state index in [0.29, 0.717) is 5.57 Å². The molecule has 0 saturated carbocycles. The van der Waals surface area contributed by atoms with Gasteiger partial charge in [0.25, 0.3) is 0 Å². The van der Waals surface area contributed by atoms with E-state index in [1.165, 1.54) is 12.1 Å². The molecule has 1 rings (SSSR count). The molecule has 0 aromatic carbocycles. The molecule has 1 aliphatic rings. The van der Waals surface area contributed by atoms with Gasteiger partial charge in [-0.1, -0.05) is 11.6 Å². The van der Waals surface area contributed by atoms with Gasteiger partial charge in [-0.3, -0.25) is 19.9 Å². The van der Waals surface area contributed by atoms with Gasteiger partial charge < -0.3 is 4.74 Å². The molecule has 0 spiro atoms. The molecule has 7 nitrogen and oxygen atoms in total. The highest BCUT2D eigenvalue weighted by Crippen LogP contribution is 2.31. The Hall–Kier alpha value is -0.890. The third-order valence-electron chi connectivity index (χ3n) is 2.29. The van der Waals surface area contributed by atoms with Gasteiger partial charge in [-0.05, 0) is 6.92 Å². The Bertz CT molecular complexity index is 322. The Kier molecular flexibility index (Phi) is 4.09. The molecule has 1 N–H and O–H groups in total. The lowest BCUT2D eigenvalue weighted by atomic mass is 10.2. The van der Waals surface area contributed by atoms with Crippen LogP contribution in [0.2, 0.25) is 0 Å². The second-order valence-corrected chi connectivity index (χ2v) is 3.69. The second-order valence-electron chi connectivity index (χ2n) is 3.33. The van der Waals surface area contributed by atoms with E-state index in [9.17, 15) is 10.1 Å². The first-order chi connectivity index (χ1) is 7.45. The first-order valence-corrected chi connectivity index (χ1v) is 4.99. The number of ether oxygens (including phenoxy) is 2. The molecule has 0 aromatic rings. The van der Waals surface area contributed by atoms with Crippen molar-refractivity contribution < 1.29 is 14.4 Å². The molecule has 0 bridgehead atoms. The fourth-order valence-electron chi connectivity index (χ4n) is 1.40. The SMILES string of the molecule is COCCOC1([N+](=O)[O-])NN(C)C(Cl)=C1C. The van der Waals surface area contributed by atoms with Crippen LogP contribution in [0.15, 0.2) is 10.7 Å². The maximum Gasteiger partial charge on any atom is 0.428 e. The van der Waals surface area contributed by atoms with Crippen LogP contribution in [0.3, 0.4) is 0 Å². The van der Waals surface area contributed by atoms with Crippen LogP contribution in [0.1, 0.15) is 6.92 Å². The minimum atomic E-state index is -1.79. The van der Waals surface area contributed by atoms with E-state index < -0.39 is 10.8 Å². The molecule has 0 aliphatic carbocycles. The zero-order chi connectivity index (χ0) is 12.3. The van der Waals surface area contributed by atoms with E-state index in [-0.39, 0.29) is 18.4 Å². The standard InChI is InChI=1S/C8H14ClN3O4/c1-6-7(9)11(2)10-8(6,12(13)14)16-5-4-15-3/h10H,4-5H2,1-3H3. The second kappa shape index (κ2) is 4.96. The van der Waals surface area contributed by atoms with Gasteiger partial charge in [0.1, 0.15) is 5.16 Å². The van der Waals surface area contributed by atoms with Gasteiger partial charge in [-0.2, -0.15) is 0 Å². The summed E-state index contributed by atoms with van der Waals surface area (Å²) in [5.74, 6) is -1.79. The van der Waals surface area contributed by atoms with E-state index in [1.54, 1.807) is 14.0 Å². The third kappa shape index (κ3) is 2.12. The van der Waals surface area contributed by atoms with Gasteiger partial charge >= 0.3 is 5.85 Å². The zero-order valence-corrected chi connectivity index (χ0v) is 10.1. The van der Waals surface area contributed by atoms with E-state index in [0.717, 1.165) is 0 Å². The normalized spacial score (nSPS) is 25.4. The highest BCUT2D eigenvalue weighted by molar-refractivity contribution is 6.29. The Morgan fingerprint density at radius 2 is 2.25 bits per heavy atom. The first-order valence-electron chi connectivity index (χ1n) is 4.61. The van der Waals surface area contributed by atoms with Crippen molar-refractivity contribution >= 4 is 11.6 Å². The molecule has 0 radical (unpaired) electrons. The maximum atomic E-state index is 11.1. The van der Waals surface area contributed by atoms with Crippen molar-refractivity contribution in [2.24, 2.45) is 0 Å². The summed E-state index contributed by atoms with van der Waals surface area (Å²) in [5.41, 5.74) is 2.89. The number of hydrogen-bond donors (Lipinski definition) is 1. The molecular weight excluding hydrogens is 238 g/mol. The minimum Gasteiger partial charge on any atom is -0.382 e. The van der Waals surface area contributed by atoms with Crippen molar-refractivity contribution in [1.29, 1.82) is 0 Å². The number of hydrazine groups is 1. The number of halogens is 1. The largest absolute Gasteiger partial charge is 0.428 e. The molecule has 92 valence electrons. The number of nitrogens with one attached hydrogen (secondary N) is 1. The topological polar surface area (TPSA) is 76.9 Å². The van der Waals surface area contributed by atoms with Gasteiger partial charge in [-0.15, -0.1) is 5.43 Å². The van der Waals surface area contributed by atoms with E-state index in [1.807, 2.05) is 0 Å². The van der Waals surface area contributed by atoms with Gasteiger partial charge in [0.15, 0.2) is 0 Å². The van der Waals surface area contributed by atoms with Crippen molar-refractivity contribution in [3.8, 4) is 0 Å². The average Bonchev–Trinajstić information content (AvgIpc) is 2.45. The molecule has 8 heteroatoms. The van der Waals surface area contributed by atoms with Crippen LogP contribution in [0.5, 0.6) is 0 Å². The molecule has 0 aromatic heterocycles. The Morgan fingerprint density at radius 3 is 2.62 bits per heavy atom. The molecule has 1 unspecified atom stereocenters. The van der Waals surface area contributed by atoms with Gasteiger partial charge in [0.05, 0.1) is 23.7 Å². The van der Waals surface area contributed by atoms with Crippen molar-refractivity contribution in [1.82, 2.24) is 10.4 Å². The number of hydrogen-bond acceptors (Lipinski definition) is 6. The van der Waals surface area contributed by atoms with Crippen LogP contribution in [-0.2, 0) is 9.47 Å². The summed E-state index contributed by atoms with van der Waals surface area (Å²) in [6.07, 6.45) is 0. The predicted molar refractivity (Wildman–Crippen MR) is 57.0 cm³/mol. The Labute approximate surface area is 98.1 Å². The van der Waals surface area contributed by atoms with Crippen molar-refractivity contribution in [2.45, 2.75) is 12.8 Å². The first kappa shape index (κ1) is 13.2. The molecule has 16 heavy (non-hydrogen) atoms. The Morgan fingerprint density at radius 1 is 1.62 bits per heavy atom. The molecule has 0 amide bonds. The molecular formula is C8H14ClN3O4. The summed E-state index contributed by atoms with van der Waals surface area (Å²) in [5, 5.41) is 12.7. The lowest BCUT2D eigenvalue weighted by molar-refractivity contribution is -0.628. The van der Waals surface area contributed by atoms with Crippen LogP contribution in [0.25, 0.3) is 0 Å². The lowest BCUT2D eigenvalue weighted by Gasteiger charge is -2.22. The molecule has 0 fully saturated rings. The fourth-order valence-corrected chi connectivity index (χ4v) is 1.57. The Balaban J connectivity index is 2.88. The van der Waals surface area contributed by atoms with Crippen molar-refractivity contribution in [2.75, 3.05) is 27.4 Å². The highest BCUT2D eigenvalue weighted by atomic mass is 35.5. The van der Waals surface area contributed by atoms with Gasteiger partial charge in [-0.25, -0.2) is 0 Å². The number of nitrogens with zero attached hydrogens (tertiary/aromatic N) is 2. The van der Waals surface area contributed by atoms with Crippen LogP contribution < -0.4 is 5.43 Å². The van der Waals surface area contributed by atoms with Crippen LogP contribution in [0, 0.1) is 10.1 Å². The summed E-state index contributed by atoms with van der Waals surface area (Å²) in [7, 11) is 3.07. The maximum absolute atomic E-state index is 11.1. The summed E-state index contributed by atoms with van der Waals surface area (Å²) in [6, 6.07) is 0. The van der Waals surface area contributed by atoms with E-state index in [4.69, 9.17) is 21.1 Å². The number of methoxy groups -OCH3 is 1. The molecule has 1 atom stereocenters. The van der Waals surface area contributed by atoms with Crippen molar-refractivity contribution in [3.63, 3.8) is 0 Å². The van der Waals surface area contributed by atoms with Crippen LogP contribution >= 0.6 is 11.6 Å². The van der Waals surface area contributed by atoms with Crippen LogP contribution in [-0.4, -0.2) is 43.2 Å².